The first-order chi connectivity index (χ1) is 10.5. The first kappa shape index (κ1) is 13.7. The molecule has 110 valence electrons. The van der Waals surface area contributed by atoms with Crippen molar-refractivity contribution < 1.29 is 0 Å². The molecule has 0 saturated carbocycles. The predicted octanol–water partition coefficient (Wildman–Crippen LogP) is 5.10. The van der Waals surface area contributed by atoms with Crippen molar-refractivity contribution >= 4 is 43.3 Å². The van der Waals surface area contributed by atoms with Crippen LogP contribution in [-0.2, 0) is 5.41 Å². The van der Waals surface area contributed by atoms with E-state index < -0.39 is 0 Å². The Morgan fingerprint density at radius 1 is 0.909 bits per heavy atom. The lowest BCUT2D eigenvalue weighted by Gasteiger charge is -2.18. The van der Waals surface area contributed by atoms with Crippen molar-refractivity contribution in [3.05, 3.63) is 52.8 Å². The summed E-state index contributed by atoms with van der Waals surface area (Å²) in [6.07, 6.45) is 0. The first-order valence-corrected chi connectivity index (χ1v) is 8.12. The van der Waals surface area contributed by atoms with Crippen molar-refractivity contribution in [3.63, 3.8) is 0 Å². The molecule has 0 unspecified atom stereocenters. The van der Waals surface area contributed by atoms with Crippen molar-refractivity contribution in [3.8, 4) is 0 Å². The maximum absolute atomic E-state index is 4.49. The Labute approximate surface area is 137 Å². The summed E-state index contributed by atoms with van der Waals surface area (Å²) in [7, 11) is 0. The van der Waals surface area contributed by atoms with Crippen LogP contribution < -0.4 is 0 Å². The molecule has 4 aromatic rings. The van der Waals surface area contributed by atoms with Gasteiger partial charge in [0.15, 0.2) is 5.65 Å². The molecular weight excluding hydrogens is 338 g/mol. The van der Waals surface area contributed by atoms with Gasteiger partial charge >= 0.3 is 0 Å². The Balaban J connectivity index is 2.35. The molecule has 2 aromatic heterocycles. The second kappa shape index (κ2) is 4.53. The van der Waals surface area contributed by atoms with Crippen molar-refractivity contribution in [1.82, 2.24) is 14.6 Å². The minimum atomic E-state index is -0.0676. The van der Waals surface area contributed by atoms with Gasteiger partial charge in [0, 0.05) is 20.7 Å². The lowest BCUT2D eigenvalue weighted by atomic mass is 9.95. The van der Waals surface area contributed by atoms with E-state index in [1.807, 2.05) is 0 Å². The van der Waals surface area contributed by atoms with Gasteiger partial charge in [-0.2, -0.15) is 0 Å². The number of aromatic nitrogens is 3. The summed E-state index contributed by atoms with van der Waals surface area (Å²) < 4.78 is 3.28. The fourth-order valence-electron chi connectivity index (χ4n) is 3.00. The Bertz CT molecular complexity index is 1030. The monoisotopic (exact) mass is 353 g/mol. The summed E-state index contributed by atoms with van der Waals surface area (Å²) in [6.45, 7) is 6.51. The summed E-state index contributed by atoms with van der Waals surface area (Å²) in [4.78, 5) is 0. The molecule has 0 atom stereocenters. The maximum Gasteiger partial charge on any atom is 0.169 e. The highest BCUT2D eigenvalue weighted by molar-refractivity contribution is 9.10. The van der Waals surface area contributed by atoms with Gasteiger partial charge in [-0.25, -0.2) is 0 Å². The Morgan fingerprint density at radius 3 is 2.36 bits per heavy atom. The summed E-state index contributed by atoms with van der Waals surface area (Å²) in [5.74, 6) is 0.987. The molecule has 0 amide bonds. The van der Waals surface area contributed by atoms with Crippen LogP contribution in [0.4, 0.5) is 0 Å². The van der Waals surface area contributed by atoms with E-state index in [2.05, 4.69) is 93.8 Å². The minimum absolute atomic E-state index is 0.0676. The first-order valence-electron chi connectivity index (χ1n) is 7.32. The lowest BCUT2D eigenvalue weighted by Crippen LogP contribution is -2.16. The summed E-state index contributed by atoms with van der Waals surface area (Å²) in [5, 5.41) is 12.5. The second-order valence-corrected chi connectivity index (χ2v) is 7.56. The van der Waals surface area contributed by atoms with Gasteiger partial charge in [0.2, 0.25) is 0 Å². The van der Waals surface area contributed by atoms with Crippen LogP contribution >= 0.6 is 15.9 Å². The average Bonchev–Trinajstić information content (AvgIpc) is 2.92. The highest BCUT2D eigenvalue weighted by atomic mass is 79.9. The van der Waals surface area contributed by atoms with Crippen molar-refractivity contribution in [1.29, 1.82) is 0 Å². The zero-order chi connectivity index (χ0) is 15.5. The summed E-state index contributed by atoms with van der Waals surface area (Å²) in [5.41, 5.74) is 2.00. The average molecular weight is 354 g/mol. The van der Waals surface area contributed by atoms with Crippen LogP contribution in [0.25, 0.3) is 27.3 Å². The van der Waals surface area contributed by atoms with Crippen molar-refractivity contribution in [2.75, 3.05) is 0 Å². The molecule has 0 aliphatic carbocycles. The smallest absolute Gasteiger partial charge is 0.169 e. The Hall–Kier alpha value is -1.94. The number of rotatable bonds is 0. The van der Waals surface area contributed by atoms with E-state index in [9.17, 15) is 0 Å². The highest BCUT2D eigenvalue weighted by Gasteiger charge is 2.23. The van der Waals surface area contributed by atoms with Gasteiger partial charge in [0.1, 0.15) is 5.82 Å². The quantitative estimate of drug-likeness (QED) is 0.412. The van der Waals surface area contributed by atoms with Crippen molar-refractivity contribution in [2.45, 2.75) is 26.2 Å². The fourth-order valence-corrected chi connectivity index (χ4v) is 3.37. The van der Waals surface area contributed by atoms with Crippen LogP contribution in [0.2, 0.25) is 0 Å². The molecule has 4 heteroatoms. The molecule has 0 bridgehead atoms. The number of pyridine rings is 1. The number of benzene rings is 2. The van der Waals surface area contributed by atoms with Crippen LogP contribution in [-0.4, -0.2) is 14.6 Å². The third-order valence-corrected chi connectivity index (χ3v) is 4.48. The van der Waals surface area contributed by atoms with Gasteiger partial charge in [0.25, 0.3) is 0 Å². The number of hydrogen-bond donors (Lipinski definition) is 0. The largest absolute Gasteiger partial charge is 0.278 e. The molecule has 3 nitrogen and oxygen atoms in total. The molecule has 0 fully saturated rings. The van der Waals surface area contributed by atoms with E-state index in [1.165, 1.54) is 10.8 Å². The standard InChI is InChI=1S/C18H16BrN3/c1-18(2,3)17-21-20-16-13-7-5-4-6-12(13)14-10-11(19)8-9-15(14)22(16)17/h4-10H,1-3H3. The minimum Gasteiger partial charge on any atom is -0.278 e. The predicted molar refractivity (Wildman–Crippen MR) is 94.4 cm³/mol. The maximum atomic E-state index is 4.49. The number of fused-ring (bicyclic) bond motifs is 6. The molecule has 0 aliphatic heterocycles. The van der Waals surface area contributed by atoms with Gasteiger partial charge in [-0.1, -0.05) is 61.0 Å². The topological polar surface area (TPSA) is 30.2 Å². The molecule has 0 saturated heterocycles. The Morgan fingerprint density at radius 2 is 1.64 bits per heavy atom. The fraction of sp³-hybridized carbons (Fsp3) is 0.222. The number of halogens is 1. The molecule has 0 spiro atoms. The van der Waals surface area contributed by atoms with E-state index in [0.717, 1.165) is 26.8 Å². The van der Waals surface area contributed by atoms with Gasteiger partial charge in [-0.15, -0.1) is 10.2 Å². The van der Waals surface area contributed by atoms with Gasteiger partial charge < -0.3 is 0 Å². The molecule has 0 radical (unpaired) electrons. The van der Waals surface area contributed by atoms with Crippen LogP contribution in [0.15, 0.2) is 46.9 Å². The van der Waals surface area contributed by atoms with Gasteiger partial charge in [-0.05, 0) is 23.6 Å². The zero-order valence-electron chi connectivity index (χ0n) is 12.8. The van der Waals surface area contributed by atoms with E-state index >= 15 is 0 Å². The lowest BCUT2D eigenvalue weighted by molar-refractivity contribution is 0.541. The number of nitrogens with zero attached hydrogens (tertiary/aromatic N) is 3. The van der Waals surface area contributed by atoms with Gasteiger partial charge in [-0.3, -0.25) is 4.40 Å². The van der Waals surface area contributed by atoms with Crippen LogP contribution in [0.1, 0.15) is 26.6 Å². The van der Waals surface area contributed by atoms with Crippen LogP contribution in [0.3, 0.4) is 0 Å². The van der Waals surface area contributed by atoms with Crippen molar-refractivity contribution in [2.24, 2.45) is 0 Å². The third-order valence-electron chi connectivity index (χ3n) is 3.99. The highest BCUT2D eigenvalue weighted by Crippen LogP contribution is 2.33. The molecular formula is C18H16BrN3. The molecule has 2 heterocycles. The molecule has 0 N–H and O–H groups in total. The molecule has 0 aliphatic rings. The Kier molecular flexibility index (Phi) is 2.82. The van der Waals surface area contributed by atoms with Crippen LogP contribution in [0.5, 0.6) is 0 Å². The van der Waals surface area contributed by atoms with Crippen LogP contribution in [0, 0.1) is 0 Å². The normalized spacial score (nSPS) is 12.5. The third kappa shape index (κ3) is 1.87. The van der Waals surface area contributed by atoms with E-state index in [4.69, 9.17) is 0 Å². The summed E-state index contributed by atoms with van der Waals surface area (Å²) in [6, 6.07) is 14.8. The second-order valence-electron chi connectivity index (χ2n) is 6.64. The van der Waals surface area contributed by atoms with E-state index in [0.29, 0.717) is 0 Å². The molecule has 4 rings (SSSR count). The molecule has 22 heavy (non-hydrogen) atoms. The SMILES string of the molecule is CC(C)(C)c1nnc2c3ccccc3c3cc(Br)ccc3n12. The van der Waals surface area contributed by atoms with E-state index in [-0.39, 0.29) is 5.41 Å². The zero-order valence-corrected chi connectivity index (χ0v) is 14.3. The van der Waals surface area contributed by atoms with E-state index in [1.54, 1.807) is 0 Å². The summed E-state index contributed by atoms with van der Waals surface area (Å²) >= 11 is 3.59. The van der Waals surface area contributed by atoms with Gasteiger partial charge in [0.05, 0.1) is 5.52 Å². The number of hydrogen-bond acceptors (Lipinski definition) is 2. The molecule has 2 aromatic carbocycles.